The molecule has 1 aliphatic heterocycles. The van der Waals surface area contributed by atoms with Gasteiger partial charge in [0.2, 0.25) is 0 Å². The molecule has 4 aliphatic carbocycles. The van der Waals surface area contributed by atoms with Crippen LogP contribution in [0.25, 0.3) is 0 Å². The Bertz CT molecular complexity index is 704. The molecular formula is C28H48O2Si. The molecule has 5 fully saturated rings. The van der Waals surface area contributed by atoms with Crippen LogP contribution in [0.5, 0.6) is 0 Å². The van der Waals surface area contributed by atoms with Crippen LogP contribution in [0.2, 0.25) is 18.1 Å². The van der Waals surface area contributed by atoms with Crippen LogP contribution < -0.4 is 0 Å². The average molecular weight is 445 g/mol. The van der Waals surface area contributed by atoms with E-state index in [1.165, 1.54) is 57.8 Å². The SMILES string of the molecule is C=C[C@]12CC[C@H]3[C@@H](CC[C@@H]4CC5(CC[C@@H]43)CO5)[C@@H]1CC[C@@H]2C(C)O[Si](C)(C)C(C)(C)C. The van der Waals surface area contributed by atoms with Gasteiger partial charge in [-0.1, -0.05) is 26.8 Å². The van der Waals surface area contributed by atoms with E-state index >= 15 is 0 Å². The molecule has 2 nitrogen and oxygen atoms in total. The lowest BCUT2D eigenvalue weighted by atomic mass is 9.48. The van der Waals surface area contributed by atoms with Crippen molar-refractivity contribution in [2.24, 2.45) is 40.9 Å². The minimum Gasteiger partial charge on any atom is -0.414 e. The maximum atomic E-state index is 6.99. The highest BCUT2D eigenvalue weighted by atomic mass is 28.4. The van der Waals surface area contributed by atoms with Gasteiger partial charge in [-0.05, 0) is 124 Å². The van der Waals surface area contributed by atoms with Gasteiger partial charge >= 0.3 is 0 Å². The van der Waals surface area contributed by atoms with Crippen LogP contribution in [-0.2, 0) is 9.16 Å². The first-order chi connectivity index (χ1) is 14.5. The summed E-state index contributed by atoms with van der Waals surface area (Å²) in [5, 5.41) is 0.278. The average Bonchev–Trinajstić information content (AvgIpc) is 3.32. The van der Waals surface area contributed by atoms with E-state index in [9.17, 15) is 0 Å². The molecule has 0 aromatic heterocycles. The van der Waals surface area contributed by atoms with Gasteiger partial charge in [0.25, 0.3) is 0 Å². The van der Waals surface area contributed by atoms with Crippen LogP contribution in [0.4, 0.5) is 0 Å². The van der Waals surface area contributed by atoms with Gasteiger partial charge in [0.1, 0.15) is 0 Å². The maximum absolute atomic E-state index is 6.99. The Hall–Kier alpha value is -0.123. The van der Waals surface area contributed by atoms with Crippen molar-refractivity contribution in [1.82, 2.24) is 0 Å². The highest BCUT2D eigenvalue weighted by Crippen LogP contribution is 2.66. The molecule has 4 saturated carbocycles. The molecule has 0 bridgehead atoms. The molecule has 9 atom stereocenters. The van der Waals surface area contributed by atoms with Gasteiger partial charge < -0.3 is 9.16 Å². The van der Waals surface area contributed by atoms with E-state index in [1.807, 2.05) is 0 Å². The van der Waals surface area contributed by atoms with Crippen molar-refractivity contribution in [3.8, 4) is 0 Å². The quantitative estimate of drug-likeness (QED) is 0.253. The number of fused-ring (bicyclic) bond motifs is 5. The van der Waals surface area contributed by atoms with Crippen molar-refractivity contribution in [1.29, 1.82) is 0 Å². The summed E-state index contributed by atoms with van der Waals surface area (Å²) in [6.07, 6.45) is 15.4. The summed E-state index contributed by atoms with van der Waals surface area (Å²) in [5.74, 6) is 5.36. The summed E-state index contributed by atoms with van der Waals surface area (Å²) in [6, 6.07) is 0. The Labute approximate surface area is 193 Å². The summed E-state index contributed by atoms with van der Waals surface area (Å²) >= 11 is 0. The van der Waals surface area contributed by atoms with Gasteiger partial charge in [-0.2, -0.15) is 0 Å². The minimum absolute atomic E-state index is 0.278. The fourth-order valence-corrected chi connectivity index (χ4v) is 10.3. The summed E-state index contributed by atoms with van der Waals surface area (Å²) in [4.78, 5) is 0. The molecule has 5 aliphatic rings. The number of epoxide rings is 1. The van der Waals surface area contributed by atoms with E-state index in [1.54, 1.807) is 0 Å². The molecule has 176 valence electrons. The topological polar surface area (TPSA) is 21.8 Å². The van der Waals surface area contributed by atoms with E-state index in [2.05, 4.69) is 53.4 Å². The third-order valence-electron chi connectivity index (χ3n) is 11.5. The molecule has 0 aromatic carbocycles. The maximum Gasteiger partial charge on any atom is 0.192 e. The first-order valence-corrected chi connectivity index (χ1v) is 16.4. The molecule has 31 heavy (non-hydrogen) atoms. The molecule has 3 heteroatoms. The summed E-state index contributed by atoms with van der Waals surface area (Å²) < 4.78 is 12.9. The van der Waals surface area contributed by atoms with Crippen LogP contribution in [0.15, 0.2) is 12.7 Å². The standard InChI is InChI=1S/C28H48O2Si/c1-8-28-16-14-22-21-13-15-27(18-29-27)17-20(21)9-10-23(22)25(28)12-11-24(28)19(2)30-31(6,7)26(3,4)5/h8,19-25H,1,9-18H2,2-7H3/t19?,20-,21+,22-,23-,24-,25+,27?,28-/m1/s1. The van der Waals surface area contributed by atoms with E-state index < -0.39 is 8.32 Å². The largest absolute Gasteiger partial charge is 0.414 e. The van der Waals surface area contributed by atoms with Gasteiger partial charge in [-0.3, -0.25) is 0 Å². The number of ether oxygens (including phenoxy) is 1. The zero-order valence-electron chi connectivity index (χ0n) is 21.2. The van der Waals surface area contributed by atoms with Gasteiger partial charge in [0.15, 0.2) is 8.32 Å². The Morgan fingerprint density at radius 1 is 1.00 bits per heavy atom. The van der Waals surface area contributed by atoms with E-state index in [-0.39, 0.29) is 5.04 Å². The summed E-state index contributed by atoms with van der Waals surface area (Å²) in [5.41, 5.74) is 0.661. The van der Waals surface area contributed by atoms with E-state index in [0.29, 0.717) is 23.0 Å². The minimum atomic E-state index is -1.75. The van der Waals surface area contributed by atoms with Crippen molar-refractivity contribution < 1.29 is 9.16 Å². The predicted octanol–water partition coefficient (Wildman–Crippen LogP) is 7.60. The van der Waals surface area contributed by atoms with Gasteiger partial charge in [0.05, 0.1) is 12.2 Å². The first-order valence-electron chi connectivity index (χ1n) is 13.5. The smallest absolute Gasteiger partial charge is 0.192 e. The number of allylic oxidation sites excluding steroid dienone is 1. The van der Waals surface area contributed by atoms with Crippen LogP contribution >= 0.6 is 0 Å². The molecule has 5 rings (SSSR count). The Balaban J connectivity index is 1.33. The van der Waals surface area contributed by atoms with Gasteiger partial charge in [0, 0.05) is 6.10 Å². The third-order valence-corrected chi connectivity index (χ3v) is 16.1. The number of hydrogen-bond donors (Lipinski definition) is 0. The van der Waals surface area contributed by atoms with Crippen molar-refractivity contribution in [3.05, 3.63) is 12.7 Å². The second-order valence-corrected chi connectivity index (χ2v) is 18.5. The number of hydrogen-bond acceptors (Lipinski definition) is 2. The highest BCUT2D eigenvalue weighted by molar-refractivity contribution is 6.74. The van der Waals surface area contributed by atoms with Crippen LogP contribution in [0.1, 0.15) is 85.5 Å². The molecule has 1 spiro atoms. The van der Waals surface area contributed by atoms with Crippen LogP contribution in [0, 0.1) is 40.9 Å². The van der Waals surface area contributed by atoms with Crippen molar-refractivity contribution in [2.75, 3.05) is 6.61 Å². The molecular weight excluding hydrogens is 396 g/mol. The number of rotatable bonds is 4. The van der Waals surface area contributed by atoms with Crippen molar-refractivity contribution >= 4 is 8.32 Å². The monoisotopic (exact) mass is 444 g/mol. The van der Waals surface area contributed by atoms with Crippen molar-refractivity contribution in [2.45, 2.75) is 115 Å². The second kappa shape index (κ2) is 7.44. The fraction of sp³-hybridized carbons (Fsp3) is 0.929. The highest BCUT2D eigenvalue weighted by Gasteiger charge is 2.61. The molecule has 1 saturated heterocycles. The Morgan fingerprint density at radius 3 is 2.35 bits per heavy atom. The van der Waals surface area contributed by atoms with Crippen LogP contribution in [-0.4, -0.2) is 26.6 Å². The molecule has 0 aromatic rings. The molecule has 0 N–H and O–H groups in total. The molecule has 1 heterocycles. The van der Waals surface area contributed by atoms with E-state index in [4.69, 9.17) is 9.16 Å². The summed E-state index contributed by atoms with van der Waals surface area (Å²) in [6.45, 7) is 19.9. The lowest BCUT2D eigenvalue weighted by Crippen LogP contribution is -2.52. The molecule has 2 unspecified atom stereocenters. The lowest BCUT2D eigenvalue weighted by molar-refractivity contribution is -0.0704. The summed E-state index contributed by atoms with van der Waals surface area (Å²) in [7, 11) is -1.75. The normalized spacial score (nSPS) is 47.9. The Morgan fingerprint density at radius 2 is 1.71 bits per heavy atom. The zero-order chi connectivity index (χ0) is 22.2. The van der Waals surface area contributed by atoms with Gasteiger partial charge in [-0.25, -0.2) is 0 Å². The van der Waals surface area contributed by atoms with E-state index in [0.717, 1.165) is 36.2 Å². The zero-order valence-corrected chi connectivity index (χ0v) is 22.2. The molecule has 0 radical (unpaired) electrons. The Kier molecular flexibility index (Phi) is 5.44. The second-order valence-electron chi connectivity index (χ2n) is 13.8. The lowest BCUT2D eigenvalue weighted by Gasteiger charge is -2.57. The fourth-order valence-electron chi connectivity index (χ4n) is 8.88. The van der Waals surface area contributed by atoms with Crippen molar-refractivity contribution in [3.63, 3.8) is 0 Å². The molecule has 0 amide bonds. The van der Waals surface area contributed by atoms with Crippen LogP contribution in [0.3, 0.4) is 0 Å². The third kappa shape index (κ3) is 3.55. The first kappa shape index (κ1) is 22.7. The van der Waals surface area contributed by atoms with Gasteiger partial charge in [-0.15, -0.1) is 6.58 Å². The predicted molar refractivity (Wildman–Crippen MR) is 132 cm³/mol.